The molecule has 11 heteroatoms. The number of para-hydroxylation sites is 1. The number of hydrogen-bond acceptors (Lipinski definition) is 6. The van der Waals surface area contributed by atoms with Crippen LogP contribution in [0, 0.1) is 12.7 Å². The van der Waals surface area contributed by atoms with Gasteiger partial charge < -0.3 is 24.2 Å². The molecule has 0 saturated carbocycles. The number of aromatic hydroxyl groups is 1. The summed E-state index contributed by atoms with van der Waals surface area (Å²) < 4.78 is 63.7. The number of phenols is 1. The van der Waals surface area contributed by atoms with Crippen molar-refractivity contribution >= 4 is 34.2 Å². The molecule has 1 aromatic heterocycles. The minimum absolute atomic E-state index is 0.0131. The molecule has 3 aromatic carbocycles. The third kappa shape index (κ3) is 4.64. The summed E-state index contributed by atoms with van der Waals surface area (Å²) in [5.41, 5.74) is 2.21. The molecule has 1 unspecified atom stereocenters. The molecule has 2 aliphatic heterocycles. The molecule has 212 valence electrons. The fourth-order valence-electron chi connectivity index (χ4n) is 5.67. The summed E-state index contributed by atoms with van der Waals surface area (Å²) in [7, 11) is 1.20. The van der Waals surface area contributed by atoms with Crippen LogP contribution in [0.3, 0.4) is 0 Å². The van der Waals surface area contributed by atoms with Crippen molar-refractivity contribution < 1.29 is 32.2 Å². The van der Waals surface area contributed by atoms with Crippen molar-refractivity contribution in [2.45, 2.75) is 38.7 Å². The molecule has 41 heavy (non-hydrogen) atoms. The number of ether oxygens (including phenoxy) is 1. The van der Waals surface area contributed by atoms with Gasteiger partial charge in [0.1, 0.15) is 17.3 Å². The first-order chi connectivity index (χ1) is 19.5. The number of methoxy groups -OCH3 is 1. The second-order valence-electron chi connectivity index (χ2n) is 10.2. The van der Waals surface area contributed by atoms with Crippen LogP contribution in [0.15, 0.2) is 65.7 Å². The van der Waals surface area contributed by atoms with Gasteiger partial charge in [0, 0.05) is 29.9 Å². The molecule has 0 amide bonds. The Morgan fingerprint density at radius 2 is 1.90 bits per heavy atom. The van der Waals surface area contributed by atoms with Crippen LogP contribution in [0.1, 0.15) is 34.8 Å². The lowest BCUT2D eigenvalue weighted by Gasteiger charge is -2.43. The minimum atomic E-state index is -4.69. The van der Waals surface area contributed by atoms with Crippen LogP contribution in [0.5, 0.6) is 5.75 Å². The first-order valence-corrected chi connectivity index (χ1v) is 13.0. The molecule has 6 rings (SSSR count). The molecular formula is C30H26F4N4O3. The molecule has 0 bridgehead atoms. The Bertz CT molecular complexity index is 1710. The third-order valence-corrected chi connectivity index (χ3v) is 7.64. The van der Waals surface area contributed by atoms with E-state index in [1.807, 2.05) is 30.0 Å². The summed E-state index contributed by atoms with van der Waals surface area (Å²) in [4.78, 5) is 20.4. The van der Waals surface area contributed by atoms with Gasteiger partial charge in [0.2, 0.25) is 5.96 Å². The Labute approximate surface area is 232 Å². The fourth-order valence-corrected chi connectivity index (χ4v) is 5.67. The van der Waals surface area contributed by atoms with E-state index in [4.69, 9.17) is 4.74 Å². The van der Waals surface area contributed by atoms with E-state index in [9.17, 15) is 23.1 Å². The molecule has 4 aromatic rings. The number of fused-ring (bicyclic) bond motifs is 4. The molecule has 1 atom stereocenters. The highest BCUT2D eigenvalue weighted by Crippen LogP contribution is 2.46. The molecule has 3 heterocycles. The Morgan fingerprint density at radius 1 is 1.10 bits per heavy atom. The minimum Gasteiger partial charge on any atom is -0.506 e. The molecule has 0 fully saturated rings. The van der Waals surface area contributed by atoms with Crippen molar-refractivity contribution in [3.63, 3.8) is 0 Å². The molecule has 7 nitrogen and oxygen atoms in total. The van der Waals surface area contributed by atoms with Crippen molar-refractivity contribution in [2.75, 3.05) is 18.6 Å². The van der Waals surface area contributed by atoms with E-state index in [2.05, 4.69) is 15.6 Å². The SMILES string of the molecule is COC(=O)CC1c2cccc(F)c2N=C(N2CCn3c(cc4ccc(C)cc43)C2)N1c1cc(C(F)(F)F)ccc1O. The van der Waals surface area contributed by atoms with Gasteiger partial charge in [-0.25, -0.2) is 9.38 Å². The van der Waals surface area contributed by atoms with Crippen LogP contribution in [0.2, 0.25) is 0 Å². The number of guanidine groups is 1. The lowest BCUT2D eigenvalue weighted by atomic mass is 9.96. The molecule has 1 N–H and O–H groups in total. The second-order valence-corrected chi connectivity index (χ2v) is 10.2. The van der Waals surface area contributed by atoms with Gasteiger partial charge in [-0.3, -0.25) is 4.79 Å². The second kappa shape index (κ2) is 9.83. The number of halogens is 4. The number of aromatic nitrogens is 1. The number of carbonyl (C=O) groups excluding carboxylic acids is 1. The average Bonchev–Trinajstić information content (AvgIpc) is 3.30. The summed E-state index contributed by atoms with van der Waals surface area (Å²) in [6, 6.07) is 14.0. The van der Waals surface area contributed by atoms with Crippen LogP contribution in [-0.4, -0.2) is 40.2 Å². The summed E-state index contributed by atoms with van der Waals surface area (Å²) in [5, 5.41) is 11.9. The van der Waals surface area contributed by atoms with Crippen LogP contribution < -0.4 is 4.90 Å². The van der Waals surface area contributed by atoms with Crippen LogP contribution in [0.25, 0.3) is 10.9 Å². The van der Waals surface area contributed by atoms with Gasteiger partial charge in [-0.2, -0.15) is 13.2 Å². The Kier molecular flexibility index (Phi) is 6.39. The zero-order valence-corrected chi connectivity index (χ0v) is 22.2. The molecule has 0 aliphatic carbocycles. The molecule has 0 radical (unpaired) electrons. The fraction of sp³-hybridized carbons (Fsp3) is 0.267. The van der Waals surface area contributed by atoms with Gasteiger partial charge in [-0.1, -0.05) is 24.3 Å². The van der Waals surface area contributed by atoms with Crippen molar-refractivity contribution in [1.82, 2.24) is 9.47 Å². The lowest BCUT2D eigenvalue weighted by molar-refractivity contribution is -0.141. The van der Waals surface area contributed by atoms with E-state index in [0.29, 0.717) is 19.6 Å². The molecule has 2 aliphatic rings. The van der Waals surface area contributed by atoms with Crippen molar-refractivity contribution in [3.05, 3.63) is 88.9 Å². The number of aliphatic imine (C=N–C) groups is 1. The predicted molar refractivity (Wildman–Crippen MR) is 146 cm³/mol. The average molecular weight is 567 g/mol. The topological polar surface area (TPSA) is 70.3 Å². The van der Waals surface area contributed by atoms with Gasteiger partial charge in [0.05, 0.1) is 37.4 Å². The lowest BCUT2D eigenvalue weighted by Crippen LogP contribution is -2.50. The Morgan fingerprint density at radius 3 is 2.66 bits per heavy atom. The highest BCUT2D eigenvalue weighted by Gasteiger charge is 2.40. The number of anilines is 1. The van der Waals surface area contributed by atoms with Crippen LogP contribution in [0.4, 0.5) is 28.9 Å². The van der Waals surface area contributed by atoms with E-state index in [1.165, 1.54) is 24.1 Å². The number of esters is 1. The summed E-state index contributed by atoms with van der Waals surface area (Å²) in [6.07, 6.45) is -5.02. The van der Waals surface area contributed by atoms with Crippen molar-refractivity contribution in [1.29, 1.82) is 0 Å². The maximum atomic E-state index is 15.2. The number of aryl methyl sites for hydroxylation is 1. The van der Waals surface area contributed by atoms with Gasteiger partial charge in [-0.15, -0.1) is 0 Å². The zero-order chi connectivity index (χ0) is 29.1. The normalized spacial score (nSPS) is 16.8. The first kappa shape index (κ1) is 26.7. The quantitative estimate of drug-likeness (QED) is 0.228. The summed E-state index contributed by atoms with van der Waals surface area (Å²) in [6.45, 7) is 3.26. The van der Waals surface area contributed by atoms with Gasteiger partial charge in [0.15, 0.2) is 0 Å². The molecule has 0 spiro atoms. The van der Waals surface area contributed by atoms with Gasteiger partial charge >= 0.3 is 12.1 Å². The monoisotopic (exact) mass is 566 g/mol. The number of hydrogen-bond donors (Lipinski definition) is 1. The maximum absolute atomic E-state index is 15.2. The van der Waals surface area contributed by atoms with Crippen molar-refractivity contribution in [2.24, 2.45) is 4.99 Å². The van der Waals surface area contributed by atoms with Gasteiger partial charge in [0.25, 0.3) is 0 Å². The number of phenolic OH excluding ortho intramolecular Hbond substituents is 1. The smallest absolute Gasteiger partial charge is 0.416 e. The number of alkyl halides is 3. The number of carbonyl (C=O) groups is 1. The number of rotatable bonds is 3. The van der Waals surface area contributed by atoms with E-state index in [-0.39, 0.29) is 29.3 Å². The van der Waals surface area contributed by atoms with Crippen molar-refractivity contribution in [3.8, 4) is 5.75 Å². The number of nitrogens with zero attached hydrogens (tertiary/aromatic N) is 4. The van der Waals surface area contributed by atoms with Crippen LogP contribution in [-0.2, 0) is 28.8 Å². The first-order valence-electron chi connectivity index (χ1n) is 13.0. The van der Waals surface area contributed by atoms with E-state index in [1.54, 1.807) is 6.07 Å². The Hall–Kier alpha value is -4.54. The molecular weight excluding hydrogens is 540 g/mol. The highest BCUT2D eigenvalue weighted by atomic mass is 19.4. The third-order valence-electron chi connectivity index (χ3n) is 7.64. The number of benzene rings is 3. The van der Waals surface area contributed by atoms with Crippen LogP contribution >= 0.6 is 0 Å². The van der Waals surface area contributed by atoms with E-state index in [0.717, 1.165) is 40.4 Å². The standard InChI is InChI=1S/C30H26F4N4O3/c1-17-6-7-18-13-20-16-36(10-11-37(20)23(18)12-17)29-35-28-21(4-3-5-22(28)31)24(15-27(40)41-2)38(29)25-14-19(30(32,33)34)8-9-26(25)39/h3-9,12-14,24,39H,10-11,15-16H2,1-2H3. The largest absolute Gasteiger partial charge is 0.506 e. The maximum Gasteiger partial charge on any atom is 0.416 e. The van der Waals surface area contributed by atoms with E-state index < -0.39 is 35.3 Å². The predicted octanol–water partition coefficient (Wildman–Crippen LogP) is 6.44. The molecule has 0 saturated heterocycles. The zero-order valence-electron chi connectivity index (χ0n) is 22.2. The van der Waals surface area contributed by atoms with E-state index >= 15 is 4.39 Å². The summed E-state index contributed by atoms with van der Waals surface area (Å²) >= 11 is 0. The summed E-state index contributed by atoms with van der Waals surface area (Å²) in [5.74, 6) is -1.61. The van der Waals surface area contributed by atoms with Gasteiger partial charge in [-0.05, 0) is 54.3 Å². The highest BCUT2D eigenvalue weighted by molar-refractivity contribution is 6.02. The Balaban J connectivity index is 1.53.